The first kappa shape index (κ1) is 5.78. The quantitative estimate of drug-likeness (QED) is 0.535. The lowest BCUT2D eigenvalue weighted by Gasteiger charge is -1.97. The van der Waals surface area contributed by atoms with Gasteiger partial charge in [-0.25, -0.2) is 0 Å². The third kappa shape index (κ3) is 0.783. The van der Waals surface area contributed by atoms with Gasteiger partial charge in [0, 0.05) is 5.69 Å². The maximum Gasteiger partial charge on any atom is 0.0317 e. The number of nitrogens with two attached hydrogens (primary N) is 1. The van der Waals surface area contributed by atoms with Crippen molar-refractivity contribution in [2.75, 3.05) is 5.73 Å². The van der Waals surface area contributed by atoms with Gasteiger partial charge in [0.2, 0.25) is 0 Å². The van der Waals surface area contributed by atoms with Gasteiger partial charge in [0.05, 0.1) is 0 Å². The highest BCUT2D eigenvalue weighted by molar-refractivity contribution is 5.49. The summed E-state index contributed by atoms with van der Waals surface area (Å²) in [5.74, 6) is 0. The molecule has 0 saturated carbocycles. The Morgan fingerprint density at radius 2 is 2.20 bits per heavy atom. The largest absolute Gasteiger partial charge is 0.399 e. The van der Waals surface area contributed by atoms with Gasteiger partial charge >= 0.3 is 0 Å². The highest BCUT2D eigenvalue weighted by atomic mass is 14.5. The van der Waals surface area contributed by atoms with Gasteiger partial charge in [-0.05, 0) is 42.5 Å². The van der Waals surface area contributed by atoms with Crippen molar-refractivity contribution in [2.24, 2.45) is 0 Å². The van der Waals surface area contributed by atoms with Gasteiger partial charge in [-0.15, -0.1) is 0 Å². The van der Waals surface area contributed by atoms with Crippen LogP contribution in [0.15, 0.2) is 18.2 Å². The molecule has 0 aromatic heterocycles. The lowest BCUT2D eigenvalue weighted by atomic mass is 10.1. The van der Waals surface area contributed by atoms with Gasteiger partial charge < -0.3 is 5.73 Å². The van der Waals surface area contributed by atoms with Crippen molar-refractivity contribution >= 4 is 5.69 Å². The molecule has 1 aliphatic rings. The molecule has 1 aromatic carbocycles. The van der Waals surface area contributed by atoms with E-state index < -0.39 is 0 Å². The zero-order chi connectivity index (χ0) is 6.97. The third-order valence-electron chi connectivity index (χ3n) is 1.95. The molecule has 0 bridgehead atoms. The molecule has 1 aromatic rings. The Bertz CT molecular complexity index is 253. The van der Waals surface area contributed by atoms with Crippen LogP contribution in [0.4, 0.5) is 5.69 Å². The van der Waals surface area contributed by atoms with Gasteiger partial charge in [-0.2, -0.15) is 0 Å². The van der Waals surface area contributed by atoms with Gasteiger partial charge in [0.25, 0.3) is 0 Å². The fourth-order valence-electron chi connectivity index (χ4n) is 1.41. The maximum atomic E-state index is 5.61. The Labute approximate surface area is 60.9 Å². The smallest absolute Gasteiger partial charge is 0.0317 e. The lowest BCUT2D eigenvalue weighted by molar-refractivity contribution is 1.03. The Balaban J connectivity index is 2.52. The van der Waals surface area contributed by atoms with Crippen molar-refractivity contribution in [3.05, 3.63) is 35.7 Å². The van der Waals surface area contributed by atoms with Crippen LogP contribution < -0.4 is 5.73 Å². The Hall–Kier alpha value is -0.980. The number of hydrogen-bond acceptors (Lipinski definition) is 1. The van der Waals surface area contributed by atoms with E-state index in [0.717, 1.165) is 5.69 Å². The molecule has 0 aliphatic heterocycles. The van der Waals surface area contributed by atoms with E-state index in [0.29, 0.717) is 0 Å². The van der Waals surface area contributed by atoms with Crippen molar-refractivity contribution in [3.63, 3.8) is 0 Å². The molecule has 1 radical (unpaired) electrons. The van der Waals surface area contributed by atoms with Gasteiger partial charge in [-0.3, -0.25) is 0 Å². The van der Waals surface area contributed by atoms with E-state index in [9.17, 15) is 0 Å². The van der Waals surface area contributed by atoms with Crippen molar-refractivity contribution in [1.29, 1.82) is 0 Å². The van der Waals surface area contributed by atoms with Crippen molar-refractivity contribution in [2.45, 2.75) is 12.8 Å². The number of anilines is 1. The zero-order valence-corrected chi connectivity index (χ0v) is 5.80. The van der Waals surface area contributed by atoms with Crippen molar-refractivity contribution < 1.29 is 0 Å². The maximum absolute atomic E-state index is 5.61. The van der Waals surface area contributed by atoms with E-state index in [1.807, 2.05) is 12.1 Å². The minimum Gasteiger partial charge on any atom is -0.399 e. The average molecular weight is 132 g/mol. The molecule has 0 amide bonds. The van der Waals surface area contributed by atoms with E-state index in [-0.39, 0.29) is 0 Å². The SMILES string of the molecule is Nc1ccc2c(c1)[CH]CC2. The number of aryl methyl sites for hydroxylation is 1. The predicted molar refractivity (Wildman–Crippen MR) is 42.6 cm³/mol. The zero-order valence-electron chi connectivity index (χ0n) is 5.80. The standard InChI is InChI=1S/C9H10N/c10-9-5-4-7-2-1-3-8(7)6-9/h3-6H,1-2,10H2. The first-order valence-corrected chi connectivity index (χ1v) is 3.58. The van der Waals surface area contributed by atoms with E-state index in [4.69, 9.17) is 5.73 Å². The minimum absolute atomic E-state index is 0.872. The molecule has 0 fully saturated rings. The van der Waals surface area contributed by atoms with Crippen LogP contribution >= 0.6 is 0 Å². The second kappa shape index (κ2) is 2.01. The Morgan fingerprint density at radius 3 is 3.10 bits per heavy atom. The van der Waals surface area contributed by atoms with Crippen molar-refractivity contribution in [3.8, 4) is 0 Å². The van der Waals surface area contributed by atoms with Crippen LogP contribution in [0.25, 0.3) is 0 Å². The summed E-state index contributed by atoms with van der Waals surface area (Å²) in [5.41, 5.74) is 9.26. The number of benzene rings is 1. The summed E-state index contributed by atoms with van der Waals surface area (Å²) in [7, 11) is 0. The van der Waals surface area contributed by atoms with E-state index >= 15 is 0 Å². The van der Waals surface area contributed by atoms with Gasteiger partial charge in [0.15, 0.2) is 0 Å². The van der Waals surface area contributed by atoms with Crippen LogP contribution in [0.3, 0.4) is 0 Å². The average Bonchev–Trinajstić information content (AvgIpc) is 2.33. The van der Waals surface area contributed by atoms with E-state index in [1.54, 1.807) is 0 Å². The normalized spacial score (nSPS) is 15.2. The molecule has 0 saturated heterocycles. The monoisotopic (exact) mass is 132 g/mol. The summed E-state index contributed by atoms with van der Waals surface area (Å²) >= 11 is 0. The Kier molecular flexibility index (Phi) is 1.16. The molecule has 0 atom stereocenters. The fraction of sp³-hybridized carbons (Fsp3) is 0.222. The molecule has 2 rings (SSSR count). The fourth-order valence-corrected chi connectivity index (χ4v) is 1.41. The molecular formula is C9H10N. The first-order valence-electron chi connectivity index (χ1n) is 3.58. The molecule has 1 heteroatoms. The van der Waals surface area contributed by atoms with E-state index in [2.05, 4.69) is 12.5 Å². The van der Waals surface area contributed by atoms with Crippen LogP contribution in [-0.2, 0) is 6.42 Å². The number of hydrogen-bond donors (Lipinski definition) is 1. The topological polar surface area (TPSA) is 26.0 Å². The van der Waals surface area contributed by atoms with Crippen LogP contribution in [-0.4, -0.2) is 0 Å². The molecule has 10 heavy (non-hydrogen) atoms. The highest BCUT2D eigenvalue weighted by Crippen LogP contribution is 2.24. The molecule has 2 N–H and O–H groups in total. The molecule has 1 nitrogen and oxygen atoms in total. The van der Waals surface area contributed by atoms with E-state index in [1.165, 1.54) is 24.0 Å². The first-order chi connectivity index (χ1) is 4.86. The second-order valence-electron chi connectivity index (χ2n) is 2.70. The molecule has 0 spiro atoms. The van der Waals surface area contributed by atoms with Gasteiger partial charge in [0.1, 0.15) is 0 Å². The van der Waals surface area contributed by atoms with Crippen molar-refractivity contribution in [1.82, 2.24) is 0 Å². The van der Waals surface area contributed by atoms with Crippen LogP contribution in [0.5, 0.6) is 0 Å². The molecule has 51 valence electrons. The molecule has 1 aliphatic carbocycles. The van der Waals surface area contributed by atoms with Crippen LogP contribution in [0.2, 0.25) is 0 Å². The van der Waals surface area contributed by atoms with Gasteiger partial charge in [-0.1, -0.05) is 6.07 Å². The lowest BCUT2D eigenvalue weighted by Crippen LogP contribution is -1.86. The summed E-state index contributed by atoms with van der Waals surface area (Å²) in [5, 5.41) is 0. The summed E-state index contributed by atoms with van der Waals surface area (Å²) in [6, 6.07) is 6.13. The minimum atomic E-state index is 0.872. The summed E-state index contributed by atoms with van der Waals surface area (Å²) < 4.78 is 0. The number of rotatable bonds is 0. The predicted octanol–water partition coefficient (Wildman–Crippen LogP) is 1.77. The molecule has 0 heterocycles. The highest BCUT2D eigenvalue weighted by Gasteiger charge is 2.09. The molecular weight excluding hydrogens is 122 g/mol. The second-order valence-corrected chi connectivity index (χ2v) is 2.70. The summed E-state index contributed by atoms with van der Waals surface area (Å²) in [4.78, 5) is 0. The summed E-state index contributed by atoms with van der Waals surface area (Å²) in [6.45, 7) is 0. The Morgan fingerprint density at radius 1 is 1.30 bits per heavy atom. The third-order valence-corrected chi connectivity index (χ3v) is 1.95. The van der Waals surface area contributed by atoms with Crippen LogP contribution in [0.1, 0.15) is 17.5 Å². The number of fused-ring (bicyclic) bond motifs is 1. The molecule has 0 unspecified atom stereocenters. The number of nitrogen functional groups attached to an aromatic ring is 1. The summed E-state index contributed by atoms with van der Waals surface area (Å²) in [6.07, 6.45) is 4.61. The van der Waals surface area contributed by atoms with Crippen LogP contribution in [0, 0.1) is 6.42 Å².